The molecule has 0 saturated carbocycles. The Bertz CT molecular complexity index is 621. The Hall–Kier alpha value is -1.43. The first-order valence-electron chi connectivity index (χ1n) is 9.83. The van der Waals surface area contributed by atoms with E-state index in [1.54, 1.807) is 14.0 Å². The van der Waals surface area contributed by atoms with Gasteiger partial charge in [-0.15, -0.1) is 0 Å². The van der Waals surface area contributed by atoms with Crippen molar-refractivity contribution < 1.29 is 27.5 Å². The van der Waals surface area contributed by atoms with E-state index >= 15 is 0 Å². The van der Waals surface area contributed by atoms with Crippen molar-refractivity contribution in [3.63, 3.8) is 0 Å². The van der Waals surface area contributed by atoms with Crippen molar-refractivity contribution in [1.29, 1.82) is 0 Å². The summed E-state index contributed by atoms with van der Waals surface area (Å²) in [6.07, 6.45) is 1.64. The molecule has 2 rings (SSSR count). The van der Waals surface area contributed by atoms with E-state index < -0.39 is 16.3 Å². The van der Waals surface area contributed by atoms with Crippen molar-refractivity contribution in [2.45, 2.75) is 26.2 Å². The molecule has 2 saturated heterocycles. The van der Waals surface area contributed by atoms with Gasteiger partial charge in [-0.05, 0) is 26.2 Å². The molecule has 0 aromatic carbocycles. The van der Waals surface area contributed by atoms with Gasteiger partial charge >= 0.3 is 6.09 Å². The minimum Gasteiger partial charge on any atom is -0.450 e. The standard InChI is InChI=1S/C17H32N4O6S/c1-3-27-17(23)19-9-11-20(12-10-19)28(24,25)21-8-4-6-15(14-21)16(22)18-7-5-13-26-2/h15H,3-14H2,1-2H3,(H,18,22)/t15-/m1/s1. The lowest BCUT2D eigenvalue weighted by Gasteiger charge is -2.38. The summed E-state index contributed by atoms with van der Waals surface area (Å²) in [5, 5.41) is 2.86. The maximum atomic E-state index is 13.0. The Morgan fingerprint density at radius 2 is 1.82 bits per heavy atom. The Morgan fingerprint density at radius 1 is 1.11 bits per heavy atom. The van der Waals surface area contributed by atoms with Gasteiger partial charge in [0.15, 0.2) is 0 Å². The molecule has 1 N–H and O–H groups in total. The molecule has 162 valence electrons. The Labute approximate surface area is 167 Å². The molecule has 2 heterocycles. The number of amides is 2. The highest BCUT2D eigenvalue weighted by molar-refractivity contribution is 7.86. The van der Waals surface area contributed by atoms with Crippen LogP contribution in [0.25, 0.3) is 0 Å². The van der Waals surface area contributed by atoms with Crippen LogP contribution in [0.1, 0.15) is 26.2 Å². The lowest BCUT2D eigenvalue weighted by Crippen LogP contribution is -2.56. The van der Waals surface area contributed by atoms with Gasteiger partial charge in [0.1, 0.15) is 0 Å². The normalized spacial score (nSPS) is 22.1. The first kappa shape index (κ1) is 22.9. The molecule has 0 aromatic rings. The number of hydrogen-bond donors (Lipinski definition) is 1. The second-order valence-electron chi connectivity index (χ2n) is 6.93. The monoisotopic (exact) mass is 420 g/mol. The van der Waals surface area contributed by atoms with E-state index in [2.05, 4.69) is 5.32 Å². The molecule has 2 aliphatic rings. The number of carbonyl (C=O) groups excluding carboxylic acids is 2. The molecule has 0 spiro atoms. The molecule has 0 unspecified atom stereocenters. The summed E-state index contributed by atoms with van der Waals surface area (Å²) in [5.74, 6) is -0.449. The van der Waals surface area contributed by atoms with E-state index in [4.69, 9.17) is 9.47 Å². The molecular weight excluding hydrogens is 388 g/mol. The number of nitrogens with zero attached hydrogens (tertiary/aromatic N) is 3. The molecule has 0 aromatic heterocycles. The van der Waals surface area contributed by atoms with Crippen LogP contribution >= 0.6 is 0 Å². The van der Waals surface area contributed by atoms with Gasteiger partial charge in [-0.25, -0.2) is 4.79 Å². The zero-order valence-corrected chi connectivity index (χ0v) is 17.6. The maximum absolute atomic E-state index is 13.0. The van der Waals surface area contributed by atoms with Crippen LogP contribution in [0.4, 0.5) is 4.79 Å². The van der Waals surface area contributed by atoms with Gasteiger partial charge in [0.2, 0.25) is 5.91 Å². The summed E-state index contributed by atoms with van der Waals surface area (Å²) >= 11 is 0. The largest absolute Gasteiger partial charge is 0.450 e. The van der Waals surface area contributed by atoms with Crippen LogP contribution in [0.3, 0.4) is 0 Å². The third-order valence-electron chi connectivity index (χ3n) is 5.00. The van der Waals surface area contributed by atoms with E-state index in [0.29, 0.717) is 52.2 Å². The minimum absolute atomic E-state index is 0.108. The SMILES string of the molecule is CCOC(=O)N1CCN(S(=O)(=O)N2CCC[C@@H](C(=O)NCCCOC)C2)CC1. The first-order chi connectivity index (χ1) is 13.4. The van der Waals surface area contributed by atoms with Crippen molar-refractivity contribution >= 4 is 22.2 Å². The fraction of sp³-hybridized carbons (Fsp3) is 0.882. The van der Waals surface area contributed by atoms with Crippen LogP contribution in [0.2, 0.25) is 0 Å². The van der Waals surface area contributed by atoms with Crippen LogP contribution < -0.4 is 5.32 Å². The first-order valence-corrected chi connectivity index (χ1v) is 11.2. The minimum atomic E-state index is -3.65. The van der Waals surface area contributed by atoms with Crippen LogP contribution in [0.5, 0.6) is 0 Å². The maximum Gasteiger partial charge on any atom is 0.409 e. The van der Waals surface area contributed by atoms with Crippen LogP contribution in [0, 0.1) is 5.92 Å². The molecule has 1 atom stereocenters. The molecule has 2 amide bonds. The molecule has 28 heavy (non-hydrogen) atoms. The Morgan fingerprint density at radius 3 is 2.46 bits per heavy atom. The topological polar surface area (TPSA) is 108 Å². The lowest BCUT2D eigenvalue weighted by molar-refractivity contribution is -0.126. The molecule has 2 fully saturated rings. The summed E-state index contributed by atoms with van der Waals surface area (Å²) in [7, 11) is -2.04. The third-order valence-corrected chi connectivity index (χ3v) is 7.00. The number of rotatable bonds is 8. The molecule has 2 aliphatic heterocycles. The summed E-state index contributed by atoms with van der Waals surface area (Å²) in [5.41, 5.74) is 0. The van der Waals surface area contributed by atoms with Crippen molar-refractivity contribution in [2.75, 3.05) is 66.1 Å². The highest BCUT2D eigenvalue weighted by Crippen LogP contribution is 2.22. The predicted molar refractivity (Wildman–Crippen MR) is 103 cm³/mol. The van der Waals surface area contributed by atoms with Gasteiger partial charge in [-0.2, -0.15) is 17.0 Å². The van der Waals surface area contributed by atoms with Gasteiger partial charge < -0.3 is 19.7 Å². The van der Waals surface area contributed by atoms with E-state index in [0.717, 1.165) is 6.42 Å². The van der Waals surface area contributed by atoms with E-state index in [1.807, 2.05) is 0 Å². The number of nitrogens with one attached hydrogen (secondary N) is 1. The fourth-order valence-corrected chi connectivity index (χ4v) is 5.10. The van der Waals surface area contributed by atoms with Crippen molar-refractivity contribution in [3.8, 4) is 0 Å². The lowest BCUT2D eigenvalue weighted by atomic mass is 9.99. The van der Waals surface area contributed by atoms with Gasteiger partial charge in [0.05, 0.1) is 12.5 Å². The van der Waals surface area contributed by atoms with E-state index in [9.17, 15) is 18.0 Å². The Kier molecular flexibility index (Phi) is 8.93. The number of piperidine rings is 1. The summed E-state index contributed by atoms with van der Waals surface area (Å²) in [6, 6.07) is 0. The van der Waals surface area contributed by atoms with Crippen molar-refractivity contribution in [2.24, 2.45) is 5.92 Å². The van der Waals surface area contributed by atoms with E-state index in [-0.39, 0.29) is 31.5 Å². The van der Waals surface area contributed by atoms with Crippen molar-refractivity contribution in [1.82, 2.24) is 18.8 Å². The second kappa shape index (κ2) is 10.9. The number of hydrogen-bond acceptors (Lipinski definition) is 6. The predicted octanol–water partition coefficient (Wildman–Crippen LogP) is -0.130. The van der Waals surface area contributed by atoms with Crippen LogP contribution in [0.15, 0.2) is 0 Å². The molecule has 10 nitrogen and oxygen atoms in total. The highest BCUT2D eigenvalue weighted by atomic mass is 32.2. The molecule has 0 aliphatic carbocycles. The summed E-state index contributed by atoms with van der Waals surface area (Å²) in [6.45, 7) is 4.78. The third kappa shape index (κ3) is 6.03. The molecule has 11 heteroatoms. The molecular formula is C17H32N4O6S. The van der Waals surface area contributed by atoms with Crippen LogP contribution in [-0.4, -0.2) is 100 Å². The number of ether oxygens (including phenoxy) is 2. The molecule has 0 radical (unpaired) electrons. The van der Waals surface area contributed by atoms with Crippen molar-refractivity contribution in [3.05, 3.63) is 0 Å². The summed E-state index contributed by atoms with van der Waals surface area (Å²) < 4.78 is 38.7. The van der Waals surface area contributed by atoms with Gasteiger partial charge in [-0.1, -0.05) is 0 Å². The summed E-state index contributed by atoms with van der Waals surface area (Å²) in [4.78, 5) is 25.6. The van der Waals surface area contributed by atoms with Gasteiger partial charge in [-0.3, -0.25) is 4.79 Å². The average Bonchev–Trinajstić information content (AvgIpc) is 2.71. The number of piperazine rings is 1. The van der Waals surface area contributed by atoms with E-state index in [1.165, 1.54) is 13.5 Å². The highest BCUT2D eigenvalue weighted by Gasteiger charge is 2.37. The molecule has 0 bridgehead atoms. The average molecular weight is 421 g/mol. The second-order valence-corrected chi connectivity index (χ2v) is 8.86. The zero-order chi connectivity index (χ0) is 20.6. The van der Waals surface area contributed by atoms with Gasteiger partial charge in [0.25, 0.3) is 10.2 Å². The number of carbonyl (C=O) groups is 2. The Balaban J connectivity index is 1.87. The zero-order valence-electron chi connectivity index (χ0n) is 16.8. The van der Waals surface area contributed by atoms with Gasteiger partial charge in [0, 0.05) is 59.5 Å². The quantitative estimate of drug-likeness (QED) is 0.548. The number of methoxy groups -OCH3 is 1. The van der Waals surface area contributed by atoms with Crippen LogP contribution in [-0.2, 0) is 24.5 Å². The fourth-order valence-electron chi connectivity index (χ4n) is 3.42. The smallest absolute Gasteiger partial charge is 0.409 e.